The average Bonchev–Trinajstić information content (AvgIpc) is 3.16. The van der Waals surface area contributed by atoms with Crippen molar-refractivity contribution in [1.29, 1.82) is 0 Å². The number of hydrogen-bond donors (Lipinski definition) is 0. The molecule has 0 bridgehead atoms. The summed E-state index contributed by atoms with van der Waals surface area (Å²) in [4.78, 5) is 29.1. The number of halogens is 1. The van der Waals surface area contributed by atoms with Crippen molar-refractivity contribution < 1.29 is 18.7 Å². The number of amides is 1. The van der Waals surface area contributed by atoms with Crippen molar-refractivity contribution >= 4 is 28.5 Å². The maximum Gasteiger partial charge on any atom is 0.290 e. The van der Waals surface area contributed by atoms with Crippen LogP contribution >= 0.6 is 11.6 Å². The van der Waals surface area contributed by atoms with Crippen LogP contribution in [0, 0.1) is 13.8 Å². The Balaban J connectivity index is 1.60. The number of methoxy groups -OCH3 is 2. The molecule has 7 heteroatoms. The fraction of sp³-hybridized carbons (Fsp3) is 0.241. The topological polar surface area (TPSA) is 69.0 Å². The van der Waals surface area contributed by atoms with Crippen molar-refractivity contribution in [3.8, 4) is 11.5 Å². The summed E-state index contributed by atoms with van der Waals surface area (Å²) in [7, 11) is 3.18. The molecule has 1 atom stereocenters. The van der Waals surface area contributed by atoms with Crippen LogP contribution in [-0.2, 0) is 6.42 Å². The van der Waals surface area contributed by atoms with E-state index in [-0.39, 0.29) is 17.1 Å². The zero-order chi connectivity index (χ0) is 25.6. The third-order valence-corrected chi connectivity index (χ3v) is 7.11. The summed E-state index contributed by atoms with van der Waals surface area (Å²) in [6, 6.07) is 16.0. The molecule has 36 heavy (non-hydrogen) atoms. The summed E-state index contributed by atoms with van der Waals surface area (Å²) < 4.78 is 16.9. The van der Waals surface area contributed by atoms with E-state index >= 15 is 0 Å². The molecule has 0 aliphatic carbocycles. The van der Waals surface area contributed by atoms with Gasteiger partial charge >= 0.3 is 0 Å². The Morgan fingerprint density at radius 2 is 1.61 bits per heavy atom. The number of aryl methyl sites for hydroxylation is 2. The van der Waals surface area contributed by atoms with Crippen molar-refractivity contribution in [1.82, 2.24) is 4.90 Å². The van der Waals surface area contributed by atoms with E-state index in [1.165, 1.54) is 0 Å². The van der Waals surface area contributed by atoms with Gasteiger partial charge in [0.05, 0.1) is 31.2 Å². The van der Waals surface area contributed by atoms with Gasteiger partial charge < -0.3 is 18.8 Å². The first kappa shape index (κ1) is 23.9. The molecule has 184 valence electrons. The maximum absolute atomic E-state index is 13.8. The van der Waals surface area contributed by atoms with Crippen molar-refractivity contribution in [2.75, 3.05) is 20.8 Å². The van der Waals surface area contributed by atoms with E-state index in [9.17, 15) is 9.59 Å². The highest BCUT2D eigenvalue weighted by Crippen LogP contribution is 2.39. The molecule has 4 aromatic rings. The third kappa shape index (κ3) is 4.01. The van der Waals surface area contributed by atoms with Crippen molar-refractivity contribution in [3.63, 3.8) is 0 Å². The Labute approximate surface area is 214 Å². The molecular formula is C29H26ClNO5. The summed E-state index contributed by atoms with van der Waals surface area (Å²) in [6.45, 7) is 4.29. The summed E-state index contributed by atoms with van der Waals surface area (Å²) in [5.41, 5.74) is 4.37. The van der Waals surface area contributed by atoms with Crippen LogP contribution in [0.2, 0.25) is 5.02 Å². The van der Waals surface area contributed by atoms with Gasteiger partial charge in [0.15, 0.2) is 16.9 Å². The molecule has 0 fully saturated rings. The molecule has 1 aliphatic rings. The summed E-state index contributed by atoms with van der Waals surface area (Å²) >= 11 is 6.14. The van der Waals surface area contributed by atoms with Crippen molar-refractivity contribution in [2.45, 2.75) is 26.3 Å². The molecule has 3 aromatic carbocycles. The third-order valence-electron chi connectivity index (χ3n) is 6.86. The van der Waals surface area contributed by atoms with Gasteiger partial charge in [0.1, 0.15) is 5.58 Å². The number of nitrogens with zero attached hydrogens (tertiary/aromatic N) is 1. The quantitative estimate of drug-likeness (QED) is 0.329. The Bertz CT molecular complexity index is 1540. The second-order valence-electron chi connectivity index (χ2n) is 9.00. The van der Waals surface area contributed by atoms with E-state index < -0.39 is 6.04 Å². The minimum absolute atomic E-state index is 0.100. The smallest absolute Gasteiger partial charge is 0.290 e. The zero-order valence-corrected chi connectivity index (χ0v) is 21.3. The number of benzene rings is 3. The molecule has 1 amide bonds. The van der Waals surface area contributed by atoms with Gasteiger partial charge in [0.25, 0.3) is 5.91 Å². The SMILES string of the molecule is COc1ccc(CCN2C(=O)c3oc4cc(C)c(C)cc4c(=O)c3C2c2ccc(Cl)cc2)cc1OC. The second kappa shape index (κ2) is 9.36. The summed E-state index contributed by atoms with van der Waals surface area (Å²) in [6.07, 6.45) is 0.552. The molecule has 1 aromatic heterocycles. The van der Waals surface area contributed by atoms with Crippen molar-refractivity contribution in [3.05, 3.63) is 103 Å². The Kier molecular flexibility index (Phi) is 6.22. The van der Waals surface area contributed by atoms with Gasteiger partial charge in [0, 0.05) is 11.6 Å². The molecule has 2 heterocycles. The van der Waals surface area contributed by atoms with Gasteiger partial charge in [-0.05, 0) is 78.9 Å². The first-order chi connectivity index (χ1) is 17.3. The lowest BCUT2D eigenvalue weighted by molar-refractivity contribution is 0.0730. The predicted octanol–water partition coefficient (Wildman–Crippen LogP) is 5.87. The first-order valence-corrected chi connectivity index (χ1v) is 12.1. The minimum atomic E-state index is -0.577. The van der Waals surface area contributed by atoms with Crippen molar-refractivity contribution in [2.24, 2.45) is 0 Å². The van der Waals surface area contributed by atoms with Crippen LogP contribution in [0.1, 0.15) is 44.4 Å². The molecule has 0 spiro atoms. The van der Waals surface area contributed by atoms with Gasteiger partial charge in [-0.25, -0.2) is 0 Å². The van der Waals surface area contributed by atoms with Crippen LogP contribution in [0.4, 0.5) is 0 Å². The van der Waals surface area contributed by atoms with Gasteiger partial charge in [-0.3, -0.25) is 9.59 Å². The lowest BCUT2D eigenvalue weighted by Crippen LogP contribution is -2.31. The first-order valence-electron chi connectivity index (χ1n) is 11.7. The molecular weight excluding hydrogens is 478 g/mol. The number of fused-ring (bicyclic) bond motifs is 2. The largest absolute Gasteiger partial charge is 0.493 e. The van der Waals surface area contributed by atoms with Gasteiger partial charge in [-0.1, -0.05) is 29.8 Å². The fourth-order valence-corrected chi connectivity index (χ4v) is 4.91. The Hall–Kier alpha value is -3.77. The molecule has 1 aliphatic heterocycles. The standard InChI is InChI=1S/C29H26ClNO5/c1-16-13-21-23(14-17(16)2)36-28-25(27(21)32)26(19-6-8-20(30)9-7-19)31(29(28)33)12-11-18-5-10-22(34-3)24(15-18)35-4/h5-10,13-15,26H,11-12H2,1-4H3. The van der Waals surface area contributed by atoms with Gasteiger partial charge in [-0.15, -0.1) is 0 Å². The normalized spacial score (nSPS) is 14.9. The van der Waals surface area contributed by atoms with Crippen LogP contribution in [0.15, 0.2) is 63.8 Å². The predicted molar refractivity (Wildman–Crippen MR) is 140 cm³/mol. The van der Waals surface area contributed by atoms with Crippen LogP contribution < -0.4 is 14.9 Å². The fourth-order valence-electron chi connectivity index (χ4n) is 4.78. The van der Waals surface area contributed by atoms with Crippen LogP contribution in [-0.4, -0.2) is 31.6 Å². The molecule has 5 rings (SSSR count). The molecule has 1 unspecified atom stereocenters. The minimum Gasteiger partial charge on any atom is -0.493 e. The molecule has 0 saturated carbocycles. The highest BCUT2D eigenvalue weighted by Gasteiger charge is 2.42. The molecule has 6 nitrogen and oxygen atoms in total. The summed E-state index contributed by atoms with van der Waals surface area (Å²) in [5.74, 6) is 1.05. The number of hydrogen-bond acceptors (Lipinski definition) is 5. The van der Waals surface area contributed by atoms with E-state index in [1.54, 1.807) is 31.3 Å². The zero-order valence-electron chi connectivity index (χ0n) is 20.6. The molecule has 0 saturated heterocycles. The highest BCUT2D eigenvalue weighted by atomic mass is 35.5. The van der Waals surface area contributed by atoms with E-state index in [1.807, 2.05) is 56.3 Å². The van der Waals surface area contributed by atoms with E-state index in [0.717, 1.165) is 22.3 Å². The lowest BCUT2D eigenvalue weighted by Gasteiger charge is -2.25. The molecule has 0 N–H and O–H groups in total. The summed E-state index contributed by atoms with van der Waals surface area (Å²) in [5, 5.41) is 1.06. The van der Waals surface area contributed by atoms with E-state index in [4.69, 9.17) is 25.5 Å². The number of rotatable bonds is 6. The average molecular weight is 504 g/mol. The number of ether oxygens (including phenoxy) is 2. The van der Waals surface area contributed by atoms with Gasteiger partial charge in [0.2, 0.25) is 5.76 Å². The Morgan fingerprint density at radius 1 is 0.917 bits per heavy atom. The number of carbonyl (C=O) groups is 1. The van der Waals surface area contributed by atoms with Gasteiger partial charge in [-0.2, -0.15) is 0 Å². The Morgan fingerprint density at radius 3 is 2.31 bits per heavy atom. The second-order valence-corrected chi connectivity index (χ2v) is 9.44. The monoisotopic (exact) mass is 503 g/mol. The molecule has 0 radical (unpaired) electrons. The highest BCUT2D eigenvalue weighted by molar-refractivity contribution is 6.30. The van der Waals surface area contributed by atoms with Crippen LogP contribution in [0.25, 0.3) is 11.0 Å². The van der Waals surface area contributed by atoms with E-state index in [0.29, 0.717) is 46.0 Å². The number of carbonyl (C=O) groups excluding carboxylic acids is 1. The maximum atomic E-state index is 13.8. The lowest BCUT2D eigenvalue weighted by atomic mass is 9.97. The van der Waals surface area contributed by atoms with Crippen LogP contribution in [0.3, 0.4) is 0 Å². The van der Waals surface area contributed by atoms with Crippen LogP contribution in [0.5, 0.6) is 11.5 Å². The van der Waals surface area contributed by atoms with E-state index in [2.05, 4.69) is 0 Å².